The van der Waals surface area contributed by atoms with Crippen molar-refractivity contribution in [2.45, 2.75) is 0 Å². The van der Waals surface area contributed by atoms with Gasteiger partial charge in [0.1, 0.15) is 11.5 Å². The topological polar surface area (TPSA) is 106 Å². The zero-order chi connectivity index (χ0) is 24.7. The molecule has 2 N–H and O–H groups in total. The minimum Gasteiger partial charge on any atom is -0.497 e. The van der Waals surface area contributed by atoms with Crippen LogP contribution in [-0.2, 0) is 9.59 Å². The van der Waals surface area contributed by atoms with Crippen LogP contribution in [0.5, 0.6) is 11.5 Å². The van der Waals surface area contributed by atoms with E-state index in [1.165, 1.54) is 31.5 Å². The van der Waals surface area contributed by atoms with Crippen molar-refractivity contribution in [3.05, 3.63) is 86.3 Å². The molecule has 0 spiro atoms. The minimum absolute atomic E-state index is 0.197. The van der Waals surface area contributed by atoms with Crippen molar-refractivity contribution in [1.29, 1.82) is 0 Å². The van der Waals surface area contributed by atoms with E-state index in [9.17, 15) is 14.4 Å². The maximum absolute atomic E-state index is 12.5. The predicted octanol–water partition coefficient (Wildman–Crippen LogP) is 5.07. The van der Waals surface area contributed by atoms with E-state index in [2.05, 4.69) is 31.8 Å². The third-order valence-electron chi connectivity index (χ3n) is 4.25. The number of esters is 1. The van der Waals surface area contributed by atoms with Crippen LogP contribution in [0.15, 0.2) is 70.2 Å². The smallest absolute Gasteiger partial charge is 0.343 e. The Morgan fingerprint density at radius 2 is 1.68 bits per heavy atom. The highest BCUT2D eigenvalue weighted by Crippen LogP contribution is 2.25. The van der Waals surface area contributed by atoms with Crippen LogP contribution in [0.1, 0.15) is 15.9 Å². The van der Waals surface area contributed by atoms with Gasteiger partial charge >= 0.3 is 17.8 Å². The summed E-state index contributed by atoms with van der Waals surface area (Å²) in [5.41, 5.74) is 3.10. The van der Waals surface area contributed by atoms with Crippen molar-refractivity contribution >= 4 is 68.8 Å². The summed E-state index contributed by atoms with van der Waals surface area (Å²) in [6, 6.07) is 15.7. The van der Waals surface area contributed by atoms with Gasteiger partial charge in [0.05, 0.1) is 28.9 Å². The Kier molecular flexibility index (Phi) is 8.64. The molecule has 0 saturated heterocycles. The van der Waals surface area contributed by atoms with Gasteiger partial charge in [-0.15, -0.1) is 0 Å². The number of anilines is 1. The highest BCUT2D eigenvalue weighted by Gasteiger charge is 2.15. The number of rotatable bonds is 6. The van der Waals surface area contributed by atoms with Gasteiger partial charge < -0.3 is 14.8 Å². The van der Waals surface area contributed by atoms with Gasteiger partial charge in [-0.2, -0.15) is 5.10 Å². The van der Waals surface area contributed by atoms with Crippen molar-refractivity contribution in [1.82, 2.24) is 5.43 Å². The molecule has 3 aromatic rings. The van der Waals surface area contributed by atoms with E-state index in [4.69, 9.17) is 32.7 Å². The van der Waals surface area contributed by atoms with Crippen molar-refractivity contribution in [3.63, 3.8) is 0 Å². The van der Waals surface area contributed by atoms with E-state index < -0.39 is 17.8 Å². The fourth-order valence-corrected chi connectivity index (χ4v) is 3.25. The number of amides is 2. The van der Waals surface area contributed by atoms with Crippen LogP contribution in [0, 0.1) is 0 Å². The van der Waals surface area contributed by atoms with E-state index in [0.717, 1.165) is 0 Å². The molecule has 0 fully saturated rings. The second kappa shape index (κ2) is 11.6. The molecule has 0 heterocycles. The third kappa shape index (κ3) is 6.80. The fourth-order valence-electron chi connectivity index (χ4n) is 2.57. The number of hydrogen-bond acceptors (Lipinski definition) is 6. The molecule has 0 radical (unpaired) electrons. The Hall–Kier alpha value is -3.40. The molecule has 11 heteroatoms. The molecular weight excluding hydrogens is 549 g/mol. The molecule has 0 atom stereocenters. The second-order valence-electron chi connectivity index (χ2n) is 6.58. The van der Waals surface area contributed by atoms with Crippen LogP contribution < -0.4 is 20.2 Å². The molecule has 0 saturated carbocycles. The first kappa shape index (κ1) is 25.2. The largest absolute Gasteiger partial charge is 0.497 e. The molecule has 8 nitrogen and oxygen atoms in total. The van der Waals surface area contributed by atoms with Crippen LogP contribution in [0.3, 0.4) is 0 Å². The number of carbonyl (C=O) groups is 3. The molecular formula is C23H16BrCl2N3O5. The molecule has 2 amide bonds. The molecule has 0 aliphatic heterocycles. The number of benzene rings is 3. The molecule has 34 heavy (non-hydrogen) atoms. The van der Waals surface area contributed by atoms with Crippen molar-refractivity contribution in [2.24, 2.45) is 5.10 Å². The minimum atomic E-state index is -1.02. The first-order valence-electron chi connectivity index (χ1n) is 9.52. The monoisotopic (exact) mass is 563 g/mol. The molecule has 174 valence electrons. The molecule has 0 unspecified atom stereocenters. The summed E-state index contributed by atoms with van der Waals surface area (Å²) in [7, 11) is 1.52. The number of nitrogens with zero attached hydrogens (tertiary/aromatic N) is 1. The number of hydrogen-bond donors (Lipinski definition) is 2. The van der Waals surface area contributed by atoms with Crippen LogP contribution in [0.2, 0.25) is 10.0 Å². The Labute approximate surface area is 213 Å². The fraction of sp³-hybridized carbons (Fsp3) is 0.0435. The highest BCUT2D eigenvalue weighted by molar-refractivity contribution is 9.10. The van der Waals surface area contributed by atoms with Gasteiger partial charge in [-0.25, -0.2) is 10.2 Å². The van der Waals surface area contributed by atoms with Gasteiger partial charge in [-0.05, 0) is 60.7 Å². The first-order valence-corrected chi connectivity index (χ1v) is 11.1. The van der Waals surface area contributed by atoms with E-state index in [-0.39, 0.29) is 10.8 Å². The summed E-state index contributed by atoms with van der Waals surface area (Å²) < 4.78 is 11.2. The lowest BCUT2D eigenvalue weighted by Gasteiger charge is -2.09. The highest BCUT2D eigenvalue weighted by atomic mass is 79.9. The van der Waals surface area contributed by atoms with Gasteiger partial charge in [0.15, 0.2) is 0 Å². The van der Waals surface area contributed by atoms with Gasteiger partial charge in [0.25, 0.3) is 0 Å². The SMILES string of the molecule is COc1ccc(C(=O)Oc2ccc(Br)cc2/C=N/NC(=O)C(=O)Nc2ccc(Cl)c(Cl)c2)cc1. The van der Waals surface area contributed by atoms with E-state index >= 15 is 0 Å². The zero-order valence-electron chi connectivity index (χ0n) is 17.5. The Balaban J connectivity index is 1.66. The number of methoxy groups -OCH3 is 1. The third-order valence-corrected chi connectivity index (χ3v) is 5.49. The average molecular weight is 565 g/mol. The van der Waals surface area contributed by atoms with Gasteiger partial charge in [-0.1, -0.05) is 39.1 Å². The van der Waals surface area contributed by atoms with E-state index in [0.29, 0.717) is 32.1 Å². The van der Waals surface area contributed by atoms with Crippen molar-refractivity contribution in [3.8, 4) is 11.5 Å². The number of nitrogens with one attached hydrogen (secondary N) is 2. The normalized spacial score (nSPS) is 10.6. The summed E-state index contributed by atoms with van der Waals surface area (Å²) >= 11 is 15.0. The quantitative estimate of drug-likeness (QED) is 0.143. The maximum Gasteiger partial charge on any atom is 0.343 e. The Morgan fingerprint density at radius 1 is 0.941 bits per heavy atom. The second-order valence-corrected chi connectivity index (χ2v) is 8.31. The molecule has 0 bridgehead atoms. The van der Waals surface area contributed by atoms with E-state index in [1.54, 1.807) is 42.5 Å². The molecule has 3 aromatic carbocycles. The van der Waals surface area contributed by atoms with Crippen molar-refractivity contribution < 1.29 is 23.9 Å². The lowest BCUT2D eigenvalue weighted by Crippen LogP contribution is -2.32. The summed E-state index contributed by atoms with van der Waals surface area (Å²) in [6.45, 7) is 0. The number of hydrazone groups is 1. The Bertz CT molecular complexity index is 1270. The summed E-state index contributed by atoms with van der Waals surface area (Å²) in [4.78, 5) is 36.6. The first-order chi connectivity index (χ1) is 16.3. The van der Waals surface area contributed by atoms with Crippen LogP contribution in [-0.4, -0.2) is 31.1 Å². The van der Waals surface area contributed by atoms with Gasteiger partial charge in [0, 0.05) is 15.7 Å². The van der Waals surface area contributed by atoms with E-state index in [1.807, 2.05) is 0 Å². The molecule has 3 rings (SSSR count). The molecule has 0 aromatic heterocycles. The van der Waals surface area contributed by atoms with Crippen molar-refractivity contribution in [2.75, 3.05) is 12.4 Å². The predicted molar refractivity (Wildman–Crippen MR) is 133 cm³/mol. The van der Waals surface area contributed by atoms with Crippen LogP contribution in [0.25, 0.3) is 0 Å². The van der Waals surface area contributed by atoms with Gasteiger partial charge in [0.2, 0.25) is 0 Å². The molecule has 0 aliphatic carbocycles. The lowest BCUT2D eigenvalue weighted by atomic mass is 10.2. The maximum atomic E-state index is 12.5. The lowest BCUT2D eigenvalue weighted by molar-refractivity contribution is -0.136. The Morgan fingerprint density at radius 3 is 2.35 bits per heavy atom. The summed E-state index contributed by atoms with van der Waals surface area (Å²) in [5.74, 6) is -1.77. The standard InChI is InChI=1S/C23H16BrCl2N3O5/c1-33-17-6-2-13(3-7-17)23(32)34-20-9-4-15(24)10-14(20)12-27-29-22(31)21(30)28-16-5-8-18(25)19(26)11-16/h2-12H,1H3,(H,28,30)(H,29,31)/b27-12+. The summed E-state index contributed by atoms with van der Waals surface area (Å²) in [5, 5.41) is 6.69. The summed E-state index contributed by atoms with van der Waals surface area (Å²) in [6.07, 6.45) is 1.24. The van der Waals surface area contributed by atoms with Gasteiger partial charge in [-0.3, -0.25) is 9.59 Å². The van der Waals surface area contributed by atoms with Crippen LogP contribution >= 0.6 is 39.1 Å². The number of carbonyl (C=O) groups excluding carboxylic acids is 3. The average Bonchev–Trinajstić information content (AvgIpc) is 2.83. The number of halogens is 3. The molecule has 0 aliphatic rings. The number of ether oxygens (including phenoxy) is 2. The van der Waals surface area contributed by atoms with Crippen LogP contribution in [0.4, 0.5) is 5.69 Å². The zero-order valence-corrected chi connectivity index (χ0v) is 20.6.